The number of phenols is 1. The molecule has 1 rings (SSSR count). The average Bonchev–Trinajstić information content (AvgIpc) is 2.71. The first-order valence-corrected chi connectivity index (χ1v) is 11.8. The molecule has 0 heterocycles. The van der Waals surface area contributed by atoms with Crippen LogP contribution in [0.4, 0.5) is 0 Å². The van der Waals surface area contributed by atoms with E-state index in [4.69, 9.17) is 12.2 Å². The first-order valence-electron chi connectivity index (χ1n) is 12.8. The van der Waals surface area contributed by atoms with E-state index in [1.165, 1.54) is 25.0 Å². The van der Waals surface area contributed by atoms with Crippen molar-refractivity contribution < 1.29 is 22.1 Å². The van der Waals surface area contributed by atoms with E-state index in [0.29, 0.717) is 12.2 Å². The highest BCUT2D eigenvalue weighted by Crippen LogP contribution is 2.28. The summed E-state index contributed by atoms with van der Waals surface area (Å²) in [7, 11) is 0. The standard InChI is InChI=1S/C27H42O4/c1-4-5-6-7-8-9-10-11-12-13-14-15-16-17-18-19-27(29)31-26-21-24(28)20-25(22-26)30-23(2)3/h8-9,11-12,20-23,28H,4-7,10,13-19H2,1-3H3/b9-8-,12-11-/i10D2. The van der Waals surface area contributed by atoms with Gasteiger partial charge in [0.05, 0.1) is 6.10 Å². The molecule has 0 radical (unpaired) electrons. The van der Waals surface area contributed by atoms with Crippen LogP contribution < -0.4 is 9.47 Å². The fourth-order valence-corrected chi connectivity index (χ4v) is 3.07. The molecule has 1 N–H and O–H groups in total. The number of allylic oxidation sites excluding steroid dienone is 4. The van der Waals surface area contributed by atoms with Crippen molar-refractivity contribution in [3.63, 3.8) is 0 Å². The van der Waals surface area contributed by atoms with Gasteiger partial charge in [-0.15, -0.1) is 0 Å². The number of hydrogen-bond donors (Lipinski definition) is 1. The van der Waals surface area contributed by atoms with Crippen LogP contribution in [0.3, 0.4) is 0 Å². The molecule has 0 amide bonds. The lowest BCUT2D eigenvalue weighted by molar-refractivity contribution is -0.134. The zero-order valence-electron chi connectivity index (χ0n) is 21.6. The maximum absolute atomic E-state index is 12.1. The van der Waals surface area contributed by atoms with Crippen molar-refractivity contribution in [3.05, 3.63) is 42.5 Å². The number of aromatic hydroxyl groups is 1. The molecule has 0 aliphatic heterocycles. The van der Waals surface area contributed by atoms with Gasteiger partial charge in [-0.2, -0.15) is 0 Å². The van der Waals surface area contributed by atoms with E-state index < -0.39 is 6.37 Å². The number of carbonyl (C=O) groups excluding carboxylic acids is 1. The number of carbonyl (C=O) groups is 1. The molecule has 174 valence electrons. The van der Waals surface area contributed by atoms with Gasteiger partial charge >= 0.3 is 5.97 Å². The first-order chi connectivity index (χ1) is 15.7. The molecule has 4 heteroatoms. The maximum Gasteiger partial charge on any atom is 0.311 e. The van der Waals surface area contributed by atoms with Gasteiger partial charge in [0, 0.05) is 27.4 Å². The summed E-state index contributed by atoms with van der Waals surface area (Å²) >= 11 is 0. The van der Waals surface area contributed by atoms with E-state index in [0.717, 1.165) is 51.4 Å². The van der Waals surface area contributed by atoms with Crippen LogP contribution in [0.15, 0.2) is 42.5 Å². The molecule has 4 nitrogen and oxygen atoms in total. The van der Waals surface area contributed by atoms with Crippen LogP contribution in [-0.4, -0.2) is 17.2 Å². The van der Waals surface area contributed by atoms with Crippen LogP contribution >= 0.6 is 0 Å². The van der Waals surface area contributed by atoms with Gasteiger partial charge in [0.25, 0.3) is 0 Å². The molecule has 0 bridgehead atoms. The summed E-state index contributed by atoms with van der Waals surface area (Å²) in [6.07, 6.45) is 16.2. The van der Waals surface area contributed by atoms with Gasteiger partial charge < -0.3 is 14.6 Å². The lowest BCUT2D eigenvalue weighted by Gasteiger charge is -2.12. The van der Waals surface area contributed by atoms with E-state index in [9.17, 15) is 9.90 Å². The van der Waals surface area contributed by atoms with E-state index in [1.54, 1.807) is 18.2 Å². The number of hydrogen-bond acceptors (Lipinski definition) is 4. The normalized spacial score (nSPS) is 13.0. The van der Waals surface area contributed by atoms with E-state index in [2.05, 4.69) is 6.92 Å². The zero-order chi connectivity index (χ0) is 24.5. The van der Waals surface area contributed by atoms with Crippen molar-refractivity contribution in [3.8, 4) is 17.2 Å². The highest BCUT2D eigenvalue weighted by Gasteiger charge is 2.09. The Hall–Kier alpha value is -2.23. The summed E-state index contributed by atoms with van der Waals surface area (Å²) in [5, 5.41) is 9.77. The lowest BCUT2D eigenvalue weighted by atomic mass is 10.1. The van der Waals surface area contributed by atoms with Gasteiger partial charge in [-0.05, 0) is 52.3 Å². The van der Waals surface area contributed by atoms with Gasteiger partial charge in [-0.1, -0.05) is 63.3 Å². The Morgan fingerprint density at radius 1 is 0.935 bits per heavy atom. The minimum atomic E-state index is -1.37. The molecule has 0 aliphatic rings. The molecule has 0 spiro atoms. The topological polar surface area (TPSA) is 55.8 Å². The van der Waals surface area contributed by atoms with Gasteiger partial charge in [0.2, 0.25) is 0 Å². The number of ether oxygens (including phenoxy) is 2. The SMILES string of the molecule is [2H]C([2H])(/C=C\CCCCC)/C=C\CCCCCCCC(=O)Oc1cc(O)cc(OC(C)C)c1. The molecule has 0 saturated heterocycles. The van der Waals surface area contributed by atoms with Crippen LogP contribution in [-0.2, 0) is 4.79 Å². The van der Waals surface area contributed by atoms with Crippen molar-refractivity contribution in [2.75, 3.05) is 0 Å². The Morgan fingerprint density at radius 3 is 2.23 bits per heavy atom. The Balaban J connectivity index is 2.16. The second-order valence-corrected chi connectivity index (χ2v) is 8.08. The Kier molecular flexibility index (Phi) is 13.2. The number of phenolic OH excluding ortho intramolecular Hbond substituents is 1. The first kappa shape index (κ1) is 23.4. The number of unbranched alkanes of at least 4 members (excludes halogenated alkanes) is 8. The van der Waals surface area contributed by atoms with Gasteiger partial charge in [0.15, 0.2) is 0 Å². The quantitative estimate of drug-likeness (QED) is 0.118. The summed E-state index contributed by atoms with van der Waals surface area (Å²) < 4.78 is 26.8. The van der Waals surface area contributed by atoms with Gasteiger partial charge in [0.1, 0.15) is 17.2 Å². The molecule has 0 atom stereocenters. The molecule has 0 unspecified atom stereocenters. The fourth-order valence-electron chi connectivity index (χ4n) is 3.07. The molecular formula is C27H42O4. The molecule has 0 fully saturated rings. The fraction of sp³-hybridized carbons (Fsp3) is 0.593. The largest absolute Gasteiger partial charge is 0.508 e. The monoisotopic (exact) mass is 432 g/mol. The minimum absolute atomic E-state index is 0.000991. The van der Waals surface area contributed by atoms with Gasteiger partial charge in [-0.3, -0.25) is 4.79 Å². The highest BCUT2D eigenvalue weighted by atomic mass is 16.5. The molecular weight excluding hydrogens is 388 g/mol. The molecule has 0 aliphatic carbocycles. The molecule has 1 aromatic rings. The number of esters is 1. The third-order valence-corrected chi connectivity index (χ3v) is 4.62. The summed E-state index contributed by atoms with van der Waals surface area (Å²) in [6, 6.07) is 4.50. The third-order valence-electron chi connectivity index (χ3n) is 4.62. The average molecular weight is 433 g/mol. The smallest absolute Gasteiger partial charge is 0.311 e. The van der Waals surface area contributed by atoms with Crippen LogP contribution in [0.25, 0.3) is 0 Å². The second-order valence-electron chi connectivity index (χ2n) is 8.08. The number of benzene rings is 1. The minimum Gasteiger partial charge on any atom is -0.508 e. The van der Waals surface area contributed by atoms with Crippen molar-refractivity contribution >= 4 is 5.97 Å². The predicted octanol–water partition coefficient (Wildman–Crippen LogP) is 7.90. The summed E-state index contributed by atoms with van der Waals surface area (Å²) in [6.45, 7) is 5.94. The Labute approximate surface area is 192 Å². The molecule has 1 aromatic carbocycles. The predicted molar refractivity (Wildman–Crippen MR) is 129 cm³/mol. The summed E-state index contributed by atoms with van der Waals surface area (Å²) in [4.78, 5) is 12.1. The third kappa shape index (κ3) is 15.3. The van der Waals surface area contributed by atoms with Crippen molar-refractivity contribution in [1.82, 2.24) is 0 Å². The van der Waals surface area contributed by atoms with Crippen molar-refractivity contribution in [1.29, 1.82) is 0 Å². The molecule has 0 saturated carbocycles. The number of rotatable bonds is 17. The maximum atomic E-state index is 12.1. The highest BCUT2D eigenvalue weighted by molar-refractivity contribution is 5.72. The van der Waals surface area contributed by atoms with Crippen LogP contribution in [0.1, 0.15) is 101 Å². The molecule has 31 heavy (non-hydrogen) atoms. The second kappa shape index (κ2) is 17.5. The summed E-state index contributed by atoms with van der Waals surface area (Å²) in [5.74, 6) is 0.445. The van der Waals surface area contributed by atoms with E-state index >= 15 is 0 Å². The summed E-state index contributed by atoms with van der Waals surface area (Å²) in [5.41, 5.74) is 0. The lowest BCUT2D eigenvalue weighted by Crippen LogP contribution is -2.09. The van der Waals surface area contributed by atoms with Crippen LogP contribution in [0.5, 0.6) is 17.2 Å². The van der Waals surface area contributed by atoms with E-state index in [-0.39, 0.29) is 23.6 Å². The Bertz CT molecular complexity index is 742. The van der Waals surface area contributed by atoms with Crippen molar-refractivity contribution in [2.45, 2.75) is 104 Å². The van der Waals surface area contributed by atoms with Gasteiger partial charge in [-0.25, -0.2) is 0 Å². The zero-order valence-corrected chi connectivity index (χ0v) is 19.6. The van der Waals surface area contributed by atoms with E-state index in [1.807, 2.05) is 26.0 Å². The Morgan fingerprint density at radius 2 is 1.55 bits per heavy atom. The van der Waals surface area contributed by atoms with Crippen molar-refractivity contribution in [2.24, 2.45) is 0 Å². The van der Waals surface area contributed by atoms with Crippen LogP contribution in [0, 0.1) is 0 Å². The molecule has 0 aromatic heterocycles. The van der Waals surface area contributed by atoms with Crippen LogP contribution in [0.2, 0.25) is 0 Å².